The number of nitrogens with zero attached hydrogens (tertiary/aromatic N) is 7. The van der Waals surface area contributed by atoms with Crippen LogP contribution in [0.5, 0.6) is 5.75 Å². The van der Waals surface area contributed by atoms with E-state index < -0.39 is 59.1 Å². The first-order valence-electron chi connectivity index (χ1n) is 23.8. The summed E-state index contributed by atoms with van der Waals surface area (Å²) >= 11 is 0. The van der Waals surface area contributed by atoms with Crippen molar-refractivity contribution < 1.29 is 43.2 Å². The van der Waals surface area contributed by atoms with Crippen LogP contribution in [0.2, 0.25) is 0 Å². The van der Waals surface area contributed by atoms with Gasteiger partial charge in [0.15, 0.2) is 6.72 Å². The van der Waals surface area contributed by atoms with Crippen LogP contribution >= 0.6 is 0 Å². The number of likely N-dealkylation sites (N-methyl/N-ethyl adjacent to an activating group) is 1. The molecule has 2 aromatic heterocycles. The Morgan fingerprint density at radius 3 is 2.59 bits per heavy atom. The Balaban J connectivity index is 1.29. The molecule has 2 fully saturated rings. The van der Waals surface area contributed by atoms with E-state index in [2.05, 4.69) is 55.6 Å². The average Bonchev–Trinajstić information content (AvgIpc) is 3.93. The second-order valence-corrected chi connectivity index (χ2v) is 19.6. The van der Waals surface area contributed by atoms with Crippen molar-refractivity contribution in [3.63, 3.8) is 0 Å². The molecule has 69 heavy (non-hydrogen) atoms. The number of nitrogens with one attached hydrogen (secondary N) is 1. The van der Waals surface area contributed by atoms with E-state index in [-0.39, 0.29) is 49.9 Å². The van der Waals surface area contributed by atoms with Crippen LogP contribution in [0.3, 0.4) is 0 Å². The number of hydrogen-bond acceptors (Lipinski definition) is 10. The van der Waals surface area contributed by atoms with Crippen LogP contribution in [0.15, 0.2) is 66.4 Å². The SMILES string of the molecule is C=[N+]1[C@H]2CCCN1C(=O)[C@@H](NC(=O)[C@H](C(C)C)N(C)C(=O)[C@H]1CCN(C(=O)/C(C#N)=C/C)C1)Cc1cc(O)cc(c1)-c1ccc3c(c1)c(c(-c1cccnc1COC)n3CC)CC(C)(C)COC2=O. The third-order valence-corrected chi connectivity index (χ3v) is 13.7. The number of allylic oxidation sites excluding steroid dienone is 1. The summed E-state index contributed by atoms with van der Waals surface area (Å²) in [4.78, 5) is 78.3. The number of aromatic nitrogens is 2. The quantitative estimate of drug-likeness (QED) is 0.0849. The molecule has 4 atom stereocenters. The number of esters is 1. The highest BCUT2D eigenvalue weighted by atomic mass is 16.5. The Labute approximate surface area is 404 Å². The van der Waals surface area contributed by atoms with Crippen molar-refractivity contribution in [2.24, 2.45) is 17.3 Å². The van der Waals surface area contributed by atoms with E-state index in [9.17, 15) is 34.3 Å². The molecule has 0 saturated carbocycles. The molecule has 7 rings (SSSR count). The maximum atomic E-state index is 14.9. The van der Waals surface area contributed by atoms with Crippen LogP contribution in [0.4, 0.5) is 0 Å². The summed E-state index contributed by atoms with van der Waals surface area (Å²) in [7, 11) is 3.19. The zero-order chi connectivity index (χ0) is 49.9. The molecule has 3 aliphatic heterocycles. The van der Waals surface area contributed by atoms with E-state index >= 15 is 0 Å². The summed E-state index contributed by atoms with van der Waals surface area (Å²) in [6, 6.07) is 14.1. The first kappa shape index (κ1) is 50.0. The van der Waals surface area contributed by atoms with Crippen LogP contribution in [-0.4, -0.2) is 129 Å². The predicted molar refractivity (Wildman–Crippen MR) is 260 cm³/mol. The third-order valence-electron chi connectivity index (χ3n) is 13.7. The zero-order valence-corrected chi connectivity index (χ0v) is 41.1. The molecule has 2 saturated heterocycles. The van der Waals surface area contributed by atoms with E-state index in [1.165, 1.54) is 25.6 Å². The topological polar surface area (TPSA) is 190 Å². The second-order valence-electron chi connectivity index (χ2n) is 19.6. The van der Waals surface area contributed by atoms with Crippen molar-refractivity contribution in [1.82, 2.24) is 29.7 Å². The number of fused-ring (bicyclic) bond motifs is 6. The van der Waals surface area contributed by atoms with Crippen molar-refractivity contribution in [2.75, 3.05) is 40.4 Å². The molecule has 2 aromatic carbocycles. The number of benzene rings is 2. The molecule has 4 amide bonds. The summed E-state index contributed by atoms with van der Waals surface area (Å²) in [5.74, 6) is -3.44. The molecule has 6 bridgehead atoms. The predicted octanol–water partition coefficient (Wildman–Crippen LogP) is 5.82. The molecular formula is C53H65N8O8+. The Morgan fingerprint density at radius 2 is 1.90 bits per heavy atom. The first-order valence-corrected chi connectivity index (χ1v) is 23.8. The van der Waals surface area contributed by atoms with Crippen molar-refractivity contribution in [1.29, 1.82) is 5.26 Å². The maximum absolute atomic E-state index is 14.9. The van der Waals surface area contributed by atoms with Gasteiger partial charge in [0.05, 0.1) is 37.1 Å². The number of cyclic esters (lactones) is 1. The van der Waals surface area contributed by atoms with E-state index in [4.69, 9.17) is 14.5 Å². The van der Waals surface area contributed by atoms with Gasteiger partial charge in [-0.1, -0.05) is 45.9 Å². The molecule has 0 radical (unpaired) electrons. The van der Waals surface area contributed by atoms with Crippen LogP contribution < -0.4 is 5.32 Å². The fourth-order valence-electron chi connectivity index (χ4n) is 10.3. The van der Waals surface area contributed by atoms with E-state index in [0.717, 1.165) is 39.0 Å². The number of carbonyl (C=O) groups is 5. The highest BCUT2D eigenvalue weighted by molar-refractivity contribution is 5.98. The number of phenols is 1. The van der Waals surface area contributed by atoms with Gasteiger partial charge >= 0.3 is 5.97 Å². The molecule has 16 heteroatoms. The number of aryl methyl sites for hydroxylation is 1. The Kier molecular flexibility index (Phi) is 15.1. The van der Waals surface area contributed by atoms with Crippen LogP contribution in [0.25, 0.3) is 33.3 Å². The molecule has 4 aromatic rings. The third kappa shape index (κ3) is 10.3. The smallest absolute Gasteiger partial charge is 0.378 e. The lowest BCUT2D eigenvalue weighted by Crippen LogP contribution is -2.60. The van der Waals surface area contributed by atoms with E-state index in [1.807, 2.05) is 38.1 Å². The van der Waals surface area contributed by atoms with E-state index in [1.54, 1.807) is 39.4 Å². The second kappa shape index (κ2) is 20.8. The number of pyridine rings is 1. The monoisotopic (exact) mass is 941 g/mol. The van der Waals surface area contributed by atoms with E-state index in [0.29, 0.717) is 50.0 Å². The van der Waals surface area contributed by atoms with Crippen molar-refractivity contribution >= 4 is 47.2 Å². The van der Waals surface area contributed by atoms with Gasteiger partial charge in [-0.2, -0.15) is 5.26 Å². The lowest BCUT2D eigenvalue weighted by molar-refractivity contribution is -0.693. The summed E-state index contributed by atoms with van der Waals surface area (Å²) < 4.78 is 15.4. The van der Waals surface area contributed by atoms with Crippen LogP contribution in [0, 0.1) is 28.6 Å². The maximum Gasteiger partial charge on any atom is 0.378 e. The summed E-state index contributed by atoms with van der Waals surface area (Å²) in [6.07, 6.45) is 4.88. The van der Waals surface area contributed by atoms with Gasteiger partial charge < -0.3 is 34.3 Å². The number of carbonyl (C=O) groups excluding carboxylic acids is 5. The number of hydrazone groups is 1. The molecule has 0 aliphatic carbocycles. The van der Waals surface area contributed by atoms with Gasteiger partial charge in [0.1, 0.15) is 29.5 Å². The number of rotatable bonds is 10. The van der Waals surface area contributed by atoms with Crippen LogP contribution in [0.1, 0.15) is 77.6 Å². The van der Waals surface area contributed by atoms with Gasteiger partial charge in [-0.3, -0.25) is 24.2 Å². The van der Waals surface area contributed by atoms with Crippen molar-refractivity contribution in [3.05, 3.63) is 83.2 Å². The molecule has 16 nitrogen and oxygen atoms in total. The number of likely N-dealkylation sites (tertiary alicyclic amines) is 1. The number of nitriles is 1. The standard InChI is InChI=1S/C53H64N8O8/c1-10-34(28-54)50(65)59-21-18-36(29-59)49(64)57(7)46(32(3)4)48(63)56-42-24-33-22-37(25-38(62)23-33)35-16-17-44-40(26-35)41(47(60(44)11-2)39-14-12-19-55-43(39)30-68-9)27-53(5,6)31-69-52(67)45-15-13-20-61(51(42)66)58(45)8/h10,12,14,16-17,19,22-23,25-26,32,36,42,45-46H,8,11,13,15,18,20-21,24,27,29-31H2,1-7,9H3,(H-,56,62,63)/p+1/b34-10+/t36-,42-,45-,46-/m0/s1. The molecule has 3 aliphatic rings. The summed E-state index contributed by atoms with van der Waals surface area (Å²) in [6.45, 7) is 17.3. The number of hydrogen-bond donors (Lipinski definition) is 2. The number of methoxy groups -OCH3 is 1. The molecule has 364 valence electrons. The molecule has 0 unspecified atom stereocenters. The van der Waals surface area contributed by atoms with Gasteiger partial charge in [-0.25, -0.2) is 4.79 Å². The first-order chi connectivity index (χ1) is 32.9. The fraction of sp³-hybridized carbons (Fsp3) is 0.472. The lowest BCUT2D eigenvalue weighted by atomic mass is 9.84. The highest BCUT2D eigenvalue weighted by Gasteiger charge is 2.45. The Bertz CT molecular complexity index is 2750. The Hall–Kier alpha value is -6.86. The average molecular weight is 942 g/mol. The summed E-state index contributed by atoms with van der Waals surface area (Å²) in [5.41, 5.74) is 6.23. The van der Waals surface area contributed by atoms with Gasteiger partial charge in [0, 0.05) is 74.7 Å². The minimum Gasteiger partial charge on any atom is -0.508 e. The van der Waals surface area contributed by atoms with Gasteiger partial charge in [0.25, 0.3) is 17.9 Å². The van der Waals surface area contributed by atoms with Gasteiger partial charge in [-0.15, -0.1) is 9.69 Å². The number of phenolic OH excluding ortho intramolecular Hbond substituents is 1. The zero-order valence-electron chi connectivity index (χ0n) is 41.1. The number of aromatic hydroxyl groups is 1. The molecule has 2 N–H and O–H groups in total. The minimum absolute atomic E-state index is 0.00401. The molecule has 5 heterocycles. The van der Waals surface area contributed by atoms with Gasteiger partial charge in [-0.05, 0) is 97.7 Å². The molecule has 0 spiro atoms. The van der Waals surface area contributed by atoms with Crippen molar-refractivity contribution in [3.8, 4) is 34.2 Å². The van der Waals surface area contributed by atoms with Crippen LogP contribution in [-0.2, 0) is 59.4 Å². The largest absolute Gasteiger partial charge is 0.508 e. The number of ether oxygens (including phenoxy) is 2. The van der Waals surface area contributed by atoms with Gasteiger partial charge in [0.2, 0.25) is 11.8 Å². The normalized spacial score (nSPS) is 20.3. The highest BCUT2D eigenvalue weighted by Crippen LogP contribution is 2.41. The number of amides is 4. The fourth-order valence-corrected chi connectivity index (χ4v) is 10.3. The van der Waals surface area contributed by atoms with Crippen molar-refractivity contribution in [2.45, 2.75) is 105 Å². The number of hydrazine groups is 1. The summed E-state index contributed by atoms with van der Waals surface area (Å²) in [5, 5.41) is 26.2. The molecular weight excluding hydrogens is 877 g/mol. The lowest BCUT2D eigenvalue weighted by Gasteiger charge is -2.34. The minimum atomic E-state index is -1.23. The Morgan fingerprint density at radius 1 is 1.13 bits per heavy atom.